The normalized spacial score (nSPS) is 19.7. The highest BCUT2D eigenvalue weighted by molar-refractivity contribution is 5.83. The van der Waals surface area contributed by atoms with Crippen molar-refractivity contribution in [3.8, 4) is 0 Å². The summed E-state index contributed by atoms with van der Waals surface area (Å²) in [4.78, 5) is 17.0. The molecule has 140 valence electrons. The zero-order valence-electron chi connectivity index (χ0n) is 15.9. The number of nitrogens with zero attached hydrogens (tertiary/aromatic N) is 2. The minimum Gasteiger partial charge on any atom is -0.392 e. The summed E-state index contributed by atoms with van der Waals surface area (Å²) < 4.78 is 0. The highest BCUT2D eigenvalue weighted by Gasteiger charge is 2.28. The summed E-state index contributed by atoms with van der Waals surface area (Å²) in [5.41, 5.74) is 1.22. The van der Waals surface area contributed by atoms with E-state index in [-0.39, 0.29) is 12.0 Å². The SMILES string of the molecule is CC[C@H]1CN(C(=O)CCc2ccc3ccccc3c2)CCN1C[C@H](C)O. The van der Waals surface area contributed by atoms with Gasteiger partial charge < -0.3 is 10.0 Å². The predicted octanol–water partition coefficient (Wildman–Crippen LogP) is 3.08. The Hall–Kier alpha value is -1.91. The number of rotatable bonds is 6. The van der Waals surface area contributed by atoms with Crippen molar-refractivity contribution in [1.82, 2.24) is 9.80 Å². The third-order valence-corrected chi connectivity index (χ3v) is 5.37. The number of carbonyl (C=O) groups excluding carboxylic acids is 1. The Balaban J connectivity index is 1.56. The Kier molecular flexibility index (Phi) is 6.28. The maximum atomic E-state index is 12.7. The molecule has 1 amide bonds. The molecule has 2 aromatic rings. The molecule has 2 atom stereocenters. The van der Waals surface area contributed by atoms with E-state index in [1.54, 1.807) is 0 Å². The first-order chi connectivity index (χ1) is 12.6. The maximum Gasteiger partial charge on any atom is 0.222 e. The fraction of sp³-hybridized carbons (Fsp3) is 0.500. The Labute approximate surface area is 156 Å². The van der Waals surface area contributed by atoms with Gasteiger partial charge in [0, 0.05) is 38.6 Å². The summed E-state index contributed by atoms with van der Waals surface area (Å²) >= 11 is 0. The van der Waals surface area contributed by atoms with Crippen molar-refractivity contribution < 1.29 is 9.90 Å². The second kappa shape index (κ2) is 8.65. The van der Waals surface area contributed by atoms with Gasteiger partial charge in [0.15, 0.2) is 0 Å². The highest BCUT2D eigenvalue weighted by atomic mass is 16.3. The number of aliphatic hydroxyl groups is 1. The summed E-state index contributed by atoms with van der Waals surface area (Å²) in [5.74, 6) is 0.244. The number of carbonyl (C=O) groups is 1. The van der Waals surface area contributed by atoms with E-state index < -0.39 is 0 Å². The van der Waals surface area contributed by atoms with Gasteiger partial charge in [0.25, 0.3) is 0 Å². The minimum absolute atomic E-state index is 0.244. The van der Waals surface area contributed by atoms with Gasteiger partial charge in [-0.05, 0) is 36.1 Å². The molecular formula is C22H30N2O2. The molecule has 1 saturated heterocycles. The molecule has 0 spiro atoms. The van der Waals surface area contributed by atoms with Gasteiger partial charge in [-0.25, -0.2) is 0 Å². The van der Waals surface area contributed by atoms with Gasteiger partial charge in [0.05, 0.1) is 6.10 Å². The molecule has 1 heterocycles. The van der Waals surface area contributed by atoms with Crippen molar-refractivity contribution in [2.75, 3.05) is 26.2 Å². The number of hydrogen-bond acceptors (Lipinski definition) is 3. The van der Waals surface area contributed by atoms with Crippen LogP contribution in [0.25, 0.3) is 10.8 Å². The molecule has 26 heavy (non-hydrogen) atoms. The van der Waals surface area contributed by atoms with E-state index >= 15 is 0 Å². The topological polar surface area (TPSA) is 43.8 Å². The average Bonchev–Trinajstić information content (AvgIpc) is 2.65. The van der Waals surface area contributed by atoms with Crippen molar-refractivity contribution in [3.05, 3.63) is 48.0 Å². The quantitative estimate of drug-likeness (QED) is 0.867. The van der Waals surface area contributed by atoms with Crippen LogP contribution in [0.2, 0.25) is 0 Å². The third-order valence-electron chi connectivity index (χ3n) is 5.37. The molecular weight excluding hydrogens is 324 g/mol. The lowest BCUT2D eigenvalue weighted by molar-refractivity contribution is -0.134. The number of β-amino-alcohol motifs (C(OH)–C–C–N with tert-alkyl or cyclic N) is 1. The average molecular weight is 354 g/mol. The zero-order chi connectivity index (χ0) is 18.5. The first kappa shape index (κ1) is 18.9. The molecule has 0 unspecified atom stereocenters. The lowest BCUT2D eigenvalue weighted by atomic mass is 10.0. The fourth-order valence-corrected chi connectivity index (χ4v) is 3.89. The maximum absolute atomic E-state index is 12.7. The van der Waals surface area contributed by atoms with Crippen molar-refractivity contribution in [3.63, 3.8) is 0 Å². The molecule has 1 aliphatic rings. The summed E-state index contributed by atoms with van der Waals surface area (Å²) in [5, 5.41) is 12.1. The molecule has 2 aromatic carbocycles. The van der Waals surface area contributed by atoms with Crippen LogP contribution in [0.3, 0.4) is 0 Å². The van der Waals surface area contributed by atoms with Gasteiger partial charge in [-0.1, -0.05) is 49.4 Å². The summed E-state index contributed by atoms with van der Waals surface area (Å²) in [7, 11) is 0. The van der Waals surface area contributed by atoms with Crippen LogP contribution >= 0.6 is 0 Å². The molecule has 1 aliphatic heterocycles. The van der Waals surface area contributed by atoms with Gasteiger partial charge in [0.1, 0.15) is 0 Å². The molecule has 4 nitrogen and oxygen atoms in total. The number of aliphatic hydroxyl groups excluding tert-OH is 1. The van der Waals surface area contributed by atoms with Crippen LogP contribution in [0.4, 0.5) is 0 Å². The molecule has 0 radical (unpaired) electrons. The van der Waals surface area contributed by atoms with Crippen LogP contribution in [-0.4, -0.2) is 59.1 Å². The Morgan fingerprint density at radius 1 is 1.19 bits per heavy atom. The smallest absolute Gasteiger partial charge is 0.222 e. The molecule has 1 fully saturated rings. The van der Waals surface area contributed by atoms with E-state index in [0.717, 1.165) is 32.5 Å². The first-order valence-corrected chi connectivity index (χ1v) is 9.74. The second-order valence-electron chi connectivity index (χ2n) is 7.43. The number of fused-ring (bicyclic) bond motifs is 1. The minimum atomic E-state index is -0.320. The molecule has 4 heteroatoms. The van der Waals surface area contributed by atoms with Crippen LogP contribution in [0.1, 0.15) is 32.3 Å². The number of piperazine rings is 1. The molecule has 0 aliphatic carbocycles. The lowest BCUT2D eigenvalue weighted by Gasteiger charge is -2.41. The van der Waals surface area contributed by atoms with Crippen LogP contribution in [-0.2, 0) is 11.2 Å². The molecule has 0 saturated carbocycles. The van der Waals surface area contributed by atoms with E-state index in [9.17, 15) is 9.90 Å². The Bertz CT molecular complexity index is 744. The van der Waals surface area contributed by atoms with Crippen molar-refractivity contribution in [2.45, 2.75) is 45.3 Å². The third kappa shape index (κ3) is 4.63. The number of benzene rings is 2. The molecule has 0 bridgehead atoms. The van der Waals surface area contributed by atoms with Crippen molar-refractivity contribution >= 4 is 16.7 Å². The summed E-state index contributed by atoms with van der Waals surface area (Å²) in [6.07, 6.45) is 2.03. The number of aryl methyl sites for hydroxylation is 1. The van der Waals surface area contributed by atoms with Gasteiger partial charge in [-0.15, -0.1) is 0 Å². The molecule has 3 rings (SSSR count). The van der Waals surface area contributed by atoms with Crippen LogP contribution < -0.4 is 0 Å². The van der Waals surface area contributed by atoms with Crippen LogP contribution in [0, 0.1) is 0 Å². The lowest BCUT2D eigenvalue weighted by Crippen LogP contribution is -2.55. The van der Waals surface area contributed by atoms with Gasteiger partial charge in [-0.2, -0.15) is 0 Å². The molecule has 1 N–H and O–H groups in total. The van der Waals surface area contributed by atoms with Crippen LogP contribution in [0.15, 0.2) is 42.5 Å². The fourth-order valence-electron chi connectivity index (χ4n) is 3.89. The Morgan fingerprint density at radius 3 is 2.69 bits per heavy atom. The van der Waals surface area contributed by atoms with Gasteiger partial charge in [-0.3, -0.25) is 9.69 Å². The van der Waals surface area contributed by atoms with E-state index in [4.69, 9.17) is 0 Å². The van der Waals surface area contributed by atoms with E-state index in [1.807, 2.05) is 17.9 Å². The van der Waals surface area contributed by atoms with E-state index in [2.05, 4.69) is 48.2 Å². The standard InChI is InChI=1S/C22H30N2O2/c1-3-21-16-24(13-12-23(21)15-17(2)25)22(26)11-9-18-8-10-19-6-4-5-7-20(19)14-18/h4-8,10,14,17,21,25H,3,9,11-13,15-16H2,1-2H3/t17-,21-/m0/s1. The van der Waals surface area contributed by atoms with E-state index in [0.29, 0.717) is 19.0 Å². The molecule has 0 aromatic heterocycles. The van der Waals surface area contributed by atoms with Crippen molar-refractivity contribution in [1.29, 1.82) is 0 Å². The van der Waals surface area contributed by atoms with Gasteiger partial charge >= 0.3 is 0 Å². The predicted molar refractivity (Wildman–Crippen MR) is 106 cm³/mol. The van der Waals surface area contributed by atoms with E-state index in [1.165, 1.54) is 16.3 Å². The van der Waals surface area contributed by atoms with Gasteiger partial charge in [0.2, 0.25) is 5.91 Å². The summed E-state index contributed by atoms with van der Waals surface area (Å²) in [6, 6.07) is 15.1. The first-order valence-electron chi connectivity index (χ1n) is 9.74. The van der Waals surface area contributed by atoms with Crippen LogP contribution in [0.5, 0.6) is 0 Å². The van der Waals surface area contributed by atoms with Crippen molar-refractivity contribution in [2.24, 2.45) is 0 Å². The zero-order valence-corrected chi connectivity index (χ0v) is 15.9. The number of amides is 1. The second-order valence-corrected chi connectivity index (χ2v) is 7.43. The monoisotopic (exact) mass is 354 g/mol. The number of hydrogen-bond donors (Lipinski definition) is 1. The highest BCUT2D eigenvalue weighted by Crippen LogP contribution is 2.18. The Morgan fingerprint density at radius 2 is 1.96 bits per heavy atom. The largest absolute Gasteiger partial charge is 0.392 e. The summed E-state index contributed by atoms with van der Waals surface area (Å²) in [6.45, 7) is 7.07.